The Morgan fingerprint density at radius 3 is 2.90 bits per heavy atom. The molecule has 1 aliphatic heterocycles. The number of nitrogens with one attached hydrogen (secondary N) is 3. The van der Waals surface area contributed by atoms with Crippen LogP contribution < -0.4 is 16.0 Å². The van der Waals surface area contributed by atoms with E-state index < -0.39 is 6.04 Å². The van der Waals surface area contributed by atoms with E-state index in [0.29, 0.717) is 6.54 Å². The Bertz CT molecular complexity index is 556. The van der Waals surface area contributed by atoms with Crippen LogP contribution in [-0.2, 0) is 17.6 Å². The van der Waals surface area contributed by atoms with Crippen LogP contribution in [-0.4, -0.2) is 24.5 Å². The third kappa shape index (κ3) is 2.48. The fourth-order valence-electron chi connectivity index (χ4n) is 2.87. The second kappa shape index (κ2) is 5.15. The zero-order valence-corrected chi connectivity index (χ0v) is 11.5. The standard InChI is InChI=1S/C15H19N3O2/c1-9(17-14(19)13-8-16-15(20)18-13)11-6-5-10-3-2-4-12(10)7-11/h5-7,9,13H,2-4,8H2,1H3,(H,17,19)(H2,16,18,20)/t9-,13-/m0/s1. The van der Waals surface area contributed by atoms with Gasteiger partial charge in [0.1, 0.15) is 6.04 Å². The molecule has 0 spiro atoms. The molecule has 0 aromatic heterocycles. The van der Waals surface area contributed by atoms with E-state index in [1.165, 1.54) is 17.5 Å². The molecule has 1 aromatic carbocycles. The summed E-state index contributed by atoms with van der Waals surface area (Å²) < 4.78 is 0. The maximum absolute atomic E-state index is 12.0. The minimum Gasteiger partial charge on any atom is -0.348 e. The first-order valence-electron chi connectivity index (χ1n) is 7.10. The van der Waals surface area contributed by atoms with Gasteiger partial charge in [0.15, 0.2) is 0 Å². The number of rotatable bonds is 3. The normalized spacial score (nSPS) is 21.9. The fourth-order valence-corrected chi connectivity index (χ4v) is 2.87. The summed E-state index contributed by atoms with van der Waals surface area (Å²) in [5.74, 6) is -0.142. The van der Waals surface area contributed by atoms with Crippen molar-refractivity contribution in [2.24, 2.45) is 0 Å². The number of amides is 3. The van der Waals surface area contributed by atoms with E-state index in [4.69, 9.17) is 0 Å². The van der Waals surface area contributed by atoms with Crippen molar-refractivity contribution in [1.82, 2.24) is 16.0 Å². The van der Waals surface area contributed by atoms with Crippen LogP contribution in [0.2, 0.25) is 0 Å². The summed E-state index contributed by atoms with van der Waals surface area (Å²) in [7, 11) is 0. The minimum atomic E-state index is -0.473. The lowest BCUT2D eigenvalue weighted by Gasteiger charge is -2.18. The monoisotopic (exact) mass is 273 g/mol. The predicted octanol–water partition coefficient (Wildman–Crippen LogP) is 1.03. The number of carbonyl (C=O) groups is 2. The van der Waals surface area contributed by atoms with E-state index in [1.54, 1.807) is 0 Å². The minimum absolute atomic E-state index is 0.0501. The van der Waals surface area contributed by atoms with Crippen molar-refractivity contribution in [2.45, 2.75) is 38.3 Å². The quantitative estimate of drug-likeness (QED) is 0.770. The Hall–Kier alpha value is -2.04. The Kier molecular flexibility index (Phi) is 3.34. The SMILES string of the molecule is C[C@H](NC(=O)[C@@H]1CNC(=O)N1)c1ccc2c(c1)CCC2. The van der Waals surface area contributed by atoms with Crippen molar-refractivity contribution in [1.29, 1.82) is 0 Å². The van der Waals surface area contributed by atoms with E-state index in [9.17, 15) is 9.59 Å². The van der Waals surface area contributed by atoms with E-state index >= 15 is 0 Å². The predicted molar refractivity (Wildman–Crippen MR) is 75.3 cm³/mol. The highest BCUT2D eigenvalue weighted by molar-refractivity contribution is 5.90. The third-order valence-corrected chi connectivity index (χ3v) is 4.07. The molecule has 2 aliphatic rings. The molecule has 1 heterocycles. The molecule has 20 heavy (non-hydrogen) atoms. The number of hydrogen-bond donors (Lipinski definition) is 3. The average molecular weight is 273 g/mol. The van der Waals surface area contributed by atoms with Gasteiger partial charge in [-0.05, 0) is 42.9 Å². The van der Waals surface area contributed by atoms with Crippen molar-refractivity contribution in [3.05, 3.63) is 34.9 Å². The maximum atomic E-state index is 12.0. The van der Waals surface area contributed by atoms with Gasteiger partial charge in [0.25, 0.3) is 0 Å². The van der Waals surface area contributed by atoms with Crippen molar-refractivity contribution >= 4 is 11.9 Å². The molecule has 0 saturated carbocycles. The molecule has 2 atom stereocenters. The molecule has 5 nitrogen and oxygen atoms in total. The van der Waals surface area contributed by atoms with Gasteiger partial charge in [-0.2, -0.15) is 0 Å². The van der Waals surface area contributed by atoms with Crippen molar-refractivity contribution in [3.8, 4) is 0 Å². The summed E-state index contributed by atoms with van der Waals surface area (Å²) in [5, 5.41) is 8.13. The third-order valence-electron chi connectivity index (χ3n) is 4.07. The van der Waals surface area contributed by atoms with Crippen LogP contribution in [0.1, 0.15) is 36.1 Å². The molecule has 1 saturated heterocycles. The number of benzene rings is 1. The fraction of sp³-hybridized carbons (Fsp3) is 0.467. The van der Waals surface area contributed by atoms with E-state index in [0.717, 1.165) is 18.4 Å². The highest BCUT2D eigenvalue weighted by Crippen LogP contribution is 2.25. The molecule has 0 radical (unpaired) electrons. The zero-order valence-electron chi connectivity index (χ0n) is 11.5. The topological polar surface area (TPSA) is 70.2 Å². The number of aryl methyl sites for hydroxylation is 2. The molecule has 1 aromatic rings. The summed E-state index contributed by atoms with van der Waals surface area (Å²) in [4.78, 5) is 23.1. The molecule has 5 heteroatoms. The molecule has 1 aliphatic carbocycles. The maximum Gasteiger partial charge on any atom is 0.315 e. The Balaban J connectivity index is 1.65. The number of fused-ring (bicyclic) bond motifs is 1. The van der Waals surface area contributed by atoms with Crippen LogP contribution in [0.25, 0.3) is 0 Å². The van der Waals surface area contributed by atoms with Gasteiger partial charge in [-0.3, -0.25) is 4.79 Å². The smallest absolute Gasteiger partial charge is 0.315 e. The van der Waals surface area contributed by atoms with E-state index in [-0.39, 0.29) is 18.0 Å². The van der Waals surface area contributed by atoms with Gasteiger partial charge in [0.05, 0.1) is 6.04 Å². The number of urea groups is 1. The van der Waals surface area contributed by atoms with Crippen LogP contribution in [0.4, 0.5) is 4.79 Å². The zero-order chi connectivity index (χ0) is 14.1. The highest BCUT2D eigenvalue weighted by atomic mass is 16.2. The molecule has 0 bridgehead atoms. The summed E-state index contributed by atoms with van der Waals surface area (Å²) in [6.07, 6.45) is 3.52. The largest absolute Gasteiger partial charge is 0.348 e. The molecule has 1 fully saturated rings. The lowest BCUT2D eigenvalue weighted by molar-refractivity contribution is -0.123. The first-order chi connectivity index (χ1) is 9.63. The summed E-state index contributed by atoms with van der Waals surface area (Å²) in [5.41, 5.74) is 3.95. The molecule has 3 N–H and O–H groups in total. The summed E-state index contributed by atoms with van der Waals surface area (Å²) in [6.45, 7) is 2.32. The van der Waals surface area contributed by atoms with Gasteiger partial charge in [0.2, 0.25) is 5.91 Å². The van der Waals surface area contributed by atoms with Crippen molar-refractivity contribution in [3.63, 3.8) is 0 Å². The first kappa shape index (κ1) is 13.0. The molecule has 0 unspecified atom stereocenters. The van der Waals surface area contributed by atoms with Gasteiger partial charge >= 0.3 is 6.03 Å². The van der Waals surface area contributed by atoms with Crippen molar-refractivity contribution in [2.75, 3.05) is 6.54 Å². The summed E-state index contributed by atoms with van der Waals surface area (Å²) >= 11 is 0. The second-order valence-electron chi connectivity index (χ2n) is 5.52. The lowest BCUT2D eigenvalue weighted by atomic mass is 10.0. The van der Waals surface area contributed by atoms with Crippen LogP contribution >= 0.6 is 0 Å². The molecule has 3 rings (SSSR count). The number of carbonyl (C=O) groups excluding carboxylic acids is 2. The Morgan fingerprint density at radius 2 is 2.15 bits per heavy atom. The van der Waals surface area contributed by atoms with Crippen LogP contribution in [0.3, 0.4) is 0 Å². The summed E-state index contributed by atoms with van der Waals surface area (Å²) in [6, 6.07) is 5.64. The van der Waals surface area contributed by atoms with Gasteiger partial charge < -0.3 is 16.0 Å². The average Bonchev–Trinajstić information content (AvgIpc) is 3.05. The van der Waals surface area contributed by atoms with Gasteiger partial charge in [-0.1, -0.05) is 18.2 Å². The number of hydrogen-bond acceptors (Lipinski definition) is 2. The second-order valence-corrected chi connectivity index (χ2v) is 5.52. The molecular weight excluding hydrogens is 254 g/mol. The molecule has 3 amide bonds. The lowest BCUT2D eigenvalue weighted by Crippen LogP contribution is -2.43. The Morgan fingerprint density at radius 1 is 1.35 bits per heavy atom. The van der Waals surface area contributed by atoms with Crippen LogP contribution in [0, 0.1) is 0 Å². The highest BCUT2D eigenvalue weighted by Gasteiger charge is 2.27. The molecule has 106 valence electrons. The van der Waals surface area contributed by atoms with Crippen LogP contribution in [0.15, 0.2) is 18.2 Å². The van der Waals surface area contributed by atoms with E-state index in [2.05, 4.69) is 34.1 Å². The van der Waals surface area contributed by atoms with Crippen LogP contribution in [0.5, 0.6) is 0 Å². The van der Waals surface area contributed by atoms with Gasteiger partial charge in [-0.15, -0.1) is 0 Å². The van der Waals surface area contributed by atoms with Crippen molar-refractivity contribution < 1.29 is 9.59 Å². The molecular formula is C15H19N3O2. The van der Waals surface area contributed by atoms with Gasteiger partial charge in [-0.25, -0.2) is 4.79 Å². The van der Waals surface area contributed by atoms with E-state index in [1.807, 2.05) is 6.92 Å². The Labute approximate surface area is 118 Å². The first-order valence-corrected chi connectivity index (χ1v) is 7.10. The van der Waals surface area contributed by atoms with Gasteiger partial charge in [0, 0.05) is 6.54 Å².